The van der Waals surface area contributed by atoms with Gasteiger partial charge in [-0.25, -0.2) is 9.67 Å². The maximum Gasteiger partial charge on any atom is 0.324 e. The van der Waals surface area contributed by atoms with Gasteiger partial charge in [-0.05, 0) is 79.6 Å². The van der Waals surface area contributed by atoms with Crippen LogP contribution >= 0.6 is 6.72 Å². The predicted octanol–water partition coefficient (Wildman–Crippen LogP) is 7.97. The Morgan fingerprint density at radius 3 is 2.21 bits per heavy atom. The molecule has 22 heteroatoms. The normalized spacial score (nSPS) is 12.9. The van der Waals surface area contributed by atoms with E-state index in [4.69, 9.17) is 49.0 Å². The number of carbonyl (C=O) groups is 2. The first-order valence-corrected chi connectivity index (χ1v) is 28.9. The van der Waals surface area contributed by atoms with Crippen LogP contribution < -0.4 is 20.5 Å². The Bertz CT molecular complexity index is 3190. The van der Waals surface area contributed by atoms with Crippen molar-refractivity contribution in [2.45, 2.75) is 58.5 Å². The van der Waals surface area contributed by atoms with Crippen LogP contribution in [0.1, 0.15) is 49.9 Å². The van der Waals surface area contributed by atoms with Crippen molar-refractivity contribution in [2.75, 3.05) is 110 Å². The first-order valence-electron chi connectivity index (χ1n) is 26.3. The van der Waals surface area contributed by atoms with Crippen molar-refractivity contribution in [1.29, 1.82) is 0 Å². The number of nitrogens with one attached hydrogen (secondary N) is 2. The average Bonchev–Trinajstić information content (AvgIpc) is 4.08. The molecule has 4 heterocycles. The number of likely N-dealkylation sites (N-methyl/N-ethyl adjacent to an activating group) is 1. The predicted molar refractivity (Wildman–Crippen MR) is 302 cm³/mol. The summed E-state index contributed by atoms with van der Waals surface area (Å²) < 4.78 is 46.9. The van der Waals surface area contributed by atoms with Crippen molar-refractivity contribution in [1.82, 2.24) is 30.3 Å². The van der Waals surface area contributed by atoms with Crippen LogP contribution in [-0.2, 0) is 67.2 Å². The topological polar surface area (TPSA) is 227 Å². The maximum absolute atomic E-state index is 13.9. The molecule has 20 nitrogen and oxygen atoms in total. The number of hydrogen-bond donors (Lipinski definition) is 3. The molecule has 3 aromatic heterocycles. The van der Waals surface area contributed by atoms with E-state index < -0.39 is 6.72 Å². The van der Waals surface area contributed by atoms with Crippen molar-refractivity contribution < 1.29 is 51.6 Å². The van der Waals surface area contributed by atoms with Gasteiger partial charge in [0.1, 0.15) is 22.8 Å². The third-order valence-corrected chi connectivity index (χ3v) is 14.8. The zero-order chi connectivity index (χ0) is 54.7. The quantitative estimate of drug-likeness (QED) is 0.0268. The SMILES string of the molecule is COP(O)(=S)OCCCCCCNC(=O)CCC(=O)N1Cc2ccccc2-c2c(nnn2CCOCCOCCOCCOCCOCCN(C)c2ccc(-c3cc(=O)c4ccc5[nH]c(C)nc5c4o3)cc2)-c2ccccc21. The number of aromatic amines is 1. The van der Waals surface area contributed by atoms with Crippen LogP contribution in [0.2, 0.25) is 0 Å². The number of unbranched alkanes of at least 4 members (excludes halogenated alkanes) is 3. The van der Waals surface area contributed by atoms with Gasteiger partial charge in [-0.15, -0.1) is 5.10 Å². The van der Waals surface area contributed by atoms with Crippen molar-refractivity contribution in [3.63, 3.8) is 0 Å². The second kappa shape index (κ2) is 29.1. The summed E-state index contributed by atoms with van der Waals surface area (Å²) >= 11 is 4.83. The summed E-state index contributed by atoms with van der Waals surface area (Å²) in [6.07, 6.45) is 3.35. The molecule has 7 aromatic rings. The molecule has 3 N–H and O–H groups in total. The number of aryl methyl sites for hydroxylation is 1. The monoisotopic (exact) mass is 1110 g/mol. The highest BCUT2D eigenvalue weighted by Crippen LogP contribution is 2.43. The Morgan fingerprint density at radius 1 is 0.808 bits per heavy atom. The molecular weight excluding hydrogens is 1040 g/mol. The van der Waals surface area contributed by atoms with Gasteiger partial charge in [0, 0.05) is 68.5 Å². The third kappa shape index (κ3) is 16.0. The van der Waals surface area contributed by atoms with Gasteiger partial charge in [0.2, 0.25) is 11.8 Å². The van der Waals surface area contributed by atoms with E-state index in [9.17, 15) is 19.3 Å². The van der Waals surface area contributed by atoms with E-state index in [0.717, 1.165) is 70.7 Å². The van der Waals surface area contributed by atoms with Gasteiger partial charge in [-0.2, -0.15) is 0 Å². The smallest absolute Gasteiger partial charge is 0.324 e. The number of H-pyrrole nitrogens is 1. The molecule has 1 aliphatic rings. The number of para-hydroxylation sites is 1. The fourth-order valence-electron chi connectivity index (χ4n) is 8.97. The van der Waals surface area contributed by atoms with Crippen LogP contribution in [0.5, 0.6) is 0 Å². The molecular formula is C56H69N8O12PS. The van der Waals surface area contributed by atoms with E-state index in [1.807, 2.05) is 97.5 Å². The van der Waals surface area contributed by atoms with Crippen LogP contribution in [0.25, 0.3) is 55.8 Å². The fraction of sp³-hybridized carbons (Fsp3) is 0.429. The van der Waals surface area contributed by atoms with E-state index in [-0.39, 0.29) is 30.1 Å². The number of nitrogens with zero attached hydrogens (tertiary/aromatic N) is 6. The number of hydrogen-bond acceptors (Lipinski definition) is 16. The van der Waals surface area contributed by atoms with Gasteiger partial charge >= 0.3 is 6.72 Å². The Hall–Kier alpha value is -6.23. The zero-order valence-corrected chi connectivity index (χ0v) is 46.2. The van der Waals surface area contributed by atoms with Crippen LogP contribution in [0.4, 0.5) is 11.4 Å². The molecule has 8 rings (SSSR count). The summed E-state index contributed by atoms with van der Waals surface area (Å²) in [5.74, 6) is 0.904. The lowest BCUT2D eigenvalue weighted by atomic mass is 9.95. The minimum Gasteiger partial charge on any atom is -0.453 e. The average molecular weight is 1110 g/mol. The molecule has 0 spiro atoms. The second-order valence-corrected chi connectivity index (χ2v) is 21.5. The van der Waals surface area contributed by atoms with Gasteiger partial charge in [-0.3, -0.25) is 14.4 Å². The summed E-state index contributed by atoms with van der Waals surface area (Å²) in [7, 11) is 3.33. The van der Waals surface area contributed by atoms with Crippen molar-refractivity contribution in [2.24, 2.45) is 0 Å². The molecule has 1 unspecified atom stereocenters. The molecule has 0 radical (unpaired) electrons. The number of aromatic nitrogens is 5. The summed E-state index contributed by atoms with van der Waals surface area (Å²) in [6.45, 7) is 5.41. The van der Waals surface area contributed by atoms with Gasteiger partial charge < -0.3 is 62.1 Å². The number of imidazole rings is 1. The summed E-state index contributed by atoms with van der Waals surface area (Å²) in [5.41, 5.74) is 8.48. The first kappa shape index (κ1) is 57.9. The summed E-state index contributed by atoms with van der Waals surface area (Å²) in [5, 5.41) is 12.6. The van der Waals surface area contributed by atoms with Crippen LogP contribution in [0, 0.1) is 6.92 Å². The molecule has 4 aromatic carbocycles. The Balaban J connectivity index is 0.672. The minimum absolute atomic E-state index is 0.0449. The number of ether oxygens (including phenoxy) is 5. The van der Waals surface area contributed by atoms with Crippen LogP contribution in [0.15, 0.2) is 100 Å². The minimum atomic E-state index is -3.13. The molecule has 0 saturated carbocycles. The highest BCUT2D eigenvalue weighted by Gasteiger charge is 2.29. The lowest BCUT2D eigenvalue weighted by Gasteiger charge is -2.28. The summed E-state index contributed by atoms with van der Waals surface area (Å²) in [4.78, 5) is 60.9. The van der Waals surface area contributed by atoms with E-state index >= 15 is 0 Å². The Morgan fingerprint density at radius 2 is 1.47 bits per heavy atom. The highest BCUT2D eigenvalue weighted by molar-refractivity contribution is 8.07. The molecule has 416 valence electrons. The second-order valence-electron chi connectivity index (χ2n) is 18.6. The molecule has 2 amide bonds. The maximum atomic E-state index is 13.9. The number of rotatable bonds is 32. The third-order valence-electron chi connectivity index (χ3n) is 13.1. The van der Waals surface area contributed by atoms with Gasteiger partial charge in [-0.1, -0.05) is 60.5 Å². The van der Waals surface area contributed by atoms with E-state index in [1.54, 1.807) is 11.0 Å². The number of fused-ring (bicyclic) bond motifs is 8. The highest BCUT2D eigenvalue weighted by atomic mass is 32.5. The fourth-order valence-corrected chi connectivity index (χ4v) is 9.66. The van der Waals surface area contributed by atoms with Gasteiger partial charge in [0.05, 0.1) is 108 Å². The Kier molecular flexibility index (Phi) is 21.6. The molecule has 0 fully saturated rings. The van der Waals surface area contributed by atoms with Crippen molar-refractivity contribution in [3.05, 3.63) is 113 Å². The molecule has 78 heavy (non-hydrogen) atoms. The van der Waals surface area contributed by atoms with Crippen molar-refractivity contribution >= 4 is 63.7 Å². The van der Waals surface area contributed by atoms with Gasteiger partial charge in [0.15, 0.2) is 11.0 Å². The number of benzene rings is 4. The Labute approximate surface area is 458 Å². The summed E-state index contributed by atoms with van der Waals surface area (Å²) in [6, 6.07) is 28.6. The van der Waals surface area contributed by atoms with Gasteiger partial charge in [0.25, 0.3) is 0 Å². The number of anilines is 2. The number of amides is 2. The number of carbonyl (C=O) groups excluding carboxylic acids is 2. The molecule has 0 saturated heterocycles. The largest absolute Gasteiger partial charge is 0.453 e. The van der Waals surface area contributed by atoms with Crippen molar-refractivity contribution in [3.8, 4) is 33.8 Å². The molecule has 1 atom stereocenters. The van der Waals surface area contributed by atoms with E-state index in [2.05, 4.69) is 30.5 Å². The van der Waals surface area contributed by atoms with E-state index in [0.29, 0.717) is 132 Å². The van der Waals surface area contributed by atoms with Crippen LogP contribution in [0.3, 0.4) is 0 Å². The lowest BCUT2D eigenvalue weighted by molar-refractivity contribution is -0.125. The standard InChI is InChI=1S/C56H69N8O12PS/c1-40-58-47-21-20-46-49(65)38-50(76-56(46)54(47)59-40)41-16-18-43(19-17-41)62(2)25-28-70-30-32-72-34-36-74-37-35-73-33-31-71-29-26-64-55-44-13-7-6-12-42(44)39-63(48-15-9-8-14-45(48)53(55)60-61-64)52(67)23-22-51(66)57-24-10-4-5-11-27-75-77(68,78)69-3/h6-9,12-21,38H,4-5,10-11,22-37,39H2,1-3H3,(H,57,66)(H,58,59)(H,68,78). The molecule has 1 aliphatic heterocycles. The van der Waals surface area contributed by atoms with Crippen LogP contribution in [-0.4, -0.2) is 142 Å². The molecule has 0 bridgehead atoms. The lowest BCUT2D eigenvalue weighted by Crippen LogP contribution is -2.33. The molecule has 0 aliphatic carbocycles. The zero-order valence-electron chi connectivity index (χ0n) is 44.5. The first-order chi connectivity index (χ1) is 38.0. The van der Waals surface area contributed by atoms with E-state index in [1.165, 1.54) is 13.2 Å².